The van der Waals surface area contributed by atoms with Gasteiger partial charge in [-0.3, -0.25) is 19.2 Å². The molecule has 14 nitrogen and oxygen atoms in total. The van der Waals surface area contributed by atoms with Gasteiger partial charge in [0.2, 0.25) is 5.91 Å². The number of nitrogens with zero attached hydrogens (tertiary/aromatic N) is 2. The summed E-state index contributed by atoms with van der Waals surface area (Å²) in [6.07, 6.45) is 2.49. The van der Waals surface area contributed by atoms with Crippen molar-refractivity contribution >= 4 is 35.6 Å². The molecule has 5 atom stereocenters. The predicted molar refractivity (Wildman–Crippen MR) is 203 cm³/mol. The minimum atomic E-state index is -0.871. The average molecular weight is 769 g/mol. The van der Waals surface area contributed by atoms with Gasteiger partial charge < -0.3 is 39.4 Å². The predicted octanol–water partition coefficient (Wildman–Crippen LogP) is 5.01. The summed E-state index contributed by atoms with van der Waals surface area (Å²) in [5.41, 5.74) is 0.408. The number of hydrogen-bond donors (Lipinski definition) is 2. The number of unbranched alkanes of at least 4 members (excludes halogenated alkanes) is 1. The molecule has 2 fully saturated rings. The van der Waals surface area contributed by atoms with Crippen molar-refractivity contribution in [2.45, 2.75) is 147 Å². The van der Waals surface area contributed by atoms with E-state index < -0.39 is 59.2 Å². The van der Waals surface area contributed by atoms with Crippen molar-refractivity contribution in [3.05, 3.63) is 23.3 Å². The molecule has 0 radical (unpaired) electrons. The molecule has 3 amide bonds. The van der Waals surface area contributed by atoms with Gasteiger partial charge in [-0.05, 0) is 125 Å². The lowest BCUT2D eigenvalue weighted by molar-refractivity contribution is -0.156. The third-order valence-electron chi connectivity index (χ3n) is 11.1. The van der Waals surface area contributed by atoms with Crippen LogP contribution in [0.1, 0.15) is 117 Å². The molecule has 1 saturated heterocycles. The van der Waals surface area contributed by atoms with E-state index in [1.54, 1.807) is 47.6 Å². The summed E-state index contributed by atoms with van der Waals surface area (Å²) in [5.74, 6) is -0.331. The highest BCUT2D eigenvalue weighted by Crippen LogP contribution is 2.63. The van der Waals surface area contributed by atoms with E-state index >= 15 is 0 Å². The number of ketones is 2. The van der Waals surface area contributed by atoms with Crippen LogP contribution in [0.15, 0.2) is 12.1 Å². The number of amides is 3. The van der Waals surface area contributed by atoms with E-state index in [4.69, 9.17) is 18.9 Å². The van der Waals surface area contributed by atoms with E-state index in [0.717, 1.165) is 36.9 Å². The Balaban J connectivity index is 1.18. The quantitative estimate of drug-likeness (QED) is 0.140. The van der Waals surface area contributed by atoms with Gasteiger partial charge in [-0.2, -0.15) is 0 Å². The number of nitrogens with one attached hydrogen (secondary N) is 2. The molecule has 304 valence electrons. The van der Waals surface area contributed by atoms with Crippen molar-refractivity contribution in [1.82, 2.24) is 20.4 Å². The van der Waals surface area contributed by atoms with Gasteiger partial charge in [0.1, 0.15) is 17.6 Å². The number of rotatable bonds is 15. The van der Waals surface area contributed by atoms with E-state index in [0.29, 0.717) is 68.7 Å². The summed E-state index contributed by atoms with van der Waals surface area (Å²) in [5, 5.41) is 5.39. The Bertz CT molecular complexity index is 1650. The highest BCUT2D eigenvalue weighted by atomic mass is 16.6. The zero-order valence-electron chi connectivity index (χ0n) is 33.8. The number of carbonyl (C=O) groups is 6. The molecule has 2 heterocycles. The molecule has 2 aliphatic carbocycles. The van der Waals surface area contributed by atoms with Crippen LogP contribution < -0.4 is 20.1 Å². The Labute approximate surface area is 324 Å². The summed E-state index contributed by atoms with van der Waals surface area (Å²) in [4.78, 5) is 81.4. The monoisotopic (exact) mass is 768 g/mol. The first-order valence-electron chi connectivity index (χ1n) is 19.9. The Morgan fingerprint density at radius 3 is 2.45 bits per heavy atom. The Hall–Kier alpha value is -4.20. The van der Waals surface area contributed by atoms with Gasteiger partial charge >= 0.3 is 18.2 Å². The van der Waals surface area contributed by atoms with E-state index in [1.807, 2.05) is 13.0 Å². The molecule has 2 N–H and O–H groups in total. The van der Waals surface area contributed by atoms with Crippen LogP contribution >= 0.6 is 0 Å². The number of likely N-dealkylation sites (tertiary alicyclic amines) is 1. The Kier molecular flexibility index (Phi) is 12.9. The maximum Gasteiger partial charge on any atom is 0.415 e. The van der Waals surface area contributed by atoms with Crippen LogP contribution in [0.25, 0.3) is 0 Å². The molecule has 2 bridgehead atoms. The third-order valence-corrected chi connectivity index (χ3v) is 11.1. The highest BCUT2D eigenvalue weighted by molar-refractivity contribution is 5.97. The van der Waals surface area contributed by atoms with Crippen molar-refractivity contribution in [2.75, 3.05) is 33.2 Å². The second-order valence-corrected chi connectivity index (χ2v) is 17.4. The minimum absolute atomic E-state index is 0.0633. The normalized spacial score (nSPS) is 23.1. The van der Waals surface area contributed by atoms with Gasteiger partial charge in [0.05, 0.1) is 6.04 Å². The summed E-state index contributed by atoms with van der Waals surface area (Å²) < 4.78 is 23.0. The van der Waals surface area contributed by atoms with Crippen molar-refractivity contribution in [2.24, 2.45) is 5.92 Å². The zero-order chi connectivity index (χ0) is 40.3. The number of ether oxygens (including phenoxy) is 4. The van der Waals surface area contributed by atoms with E-state index in [9.17, 15) is 28.8 Å². The van der Waals surface area contributed by atoms with Gasteiger partial charge in [0, 0.05) is 49.5 Å². The number of carbonyl (C=O) groups excluding carboxylic acids is 6. The minimum Gasteiger partial charge on any atom is -0.477 e. The van der Waals surface area contributed by atoms with Crippen LogP contribution in [0.5, 0.6) is 11.5 Å². The van der Waals surface area contributed by atoms with Crippen LogP contribution in [-0.2, 0) is 40.5 Å². The molecule has 5 rings (SSSR count). The third kappa shape index (κ3) is 9.79. The molecular formula is C41H60N4O10. The van der Waals surface area contributed by atoms with Crippen molar-refractivity contribution in [1.29, 1.82) is 0 Å². The smallest absolute Gasteiger partial charge is 0.415 e. The molecule has 55 heavy (non-hydrogen) atoms. The number of hydrogen-bond acceptors (Lipinski definition) is 11. The first kappa shape index (κ1) is 42.0. The van der Waals surface area contributed by atoms with E-state index in [-0.39, 0.29) is 24.5 Å². The first-order valence-corrected chi connectivity index (χ1v) is 19.9. The molecule has 1 aromatic rings. The van der Waals surface area contributed by atoms with Crippen LogP contribution in [0.3, 0.4) is 0 Å². The van der Waals surface area contributed by atoms with Crippen LogP contribution in [-0.4, -0.2) is 108 Å². The van der Waals surface area contributed by atoms with E-state index in [1.165, 1.54) is 4.90 Å². The molecule has 1 aromatic carbocycles. The molecule has 14 heteroatoms. The number of benzene rings is 1. The second kappa shape index (κ2) is 16.9. The Morgan fingerprint density at radius 2 is 1.76 bits per heavy atom. The SMILES string of the molecule is CCN(CCCC(=O)[C@H](CCCCNC(=O)OC(C)(C)C)NC(=O)CC(=O)OC(C)(C)C)C(=O)Oc1ccc2c3c1O[C@H]1C(=O)CCC4[C@@H](C2)N(C)CC[C@@]341. The summed E-state index contributed by atoms with van der Waals surface area (Å²) in [7, 11) is 2.16. The van der Waals surface area contributed by atoms with Gasteiger partial charge in [-0.15, -0.1) is 0 Å². The largest absolute Gasteiger partial charge is 0.477 e. The van der Waals surface area contributed by atoms with Crippen molar-refractivity contribution < 1.29 is 47.7 Å². The first-order chi connectivity index (χ1) is 25.8. The fourth-order valence-corrected chi connectivity index (χ4v) is 8.79. The molecule has 1 spiro atoms. The number of piperidine rings is 1. The maximum atomic E-state index is 13.6. The van der Waals surface area contributed by atoms with Crippen molar-refractivity contribution in [3.63, 3.8) is 0 Å². The maximum absolute atomic E-state index is 13.6. The fraction of sp³-hybridized carbons (Fsp3) is 0.707. The summed E-state index contributed by atoms with van der Waals surface area (Å²) in [6.45, 7) is 14.0. The van der Waals surface area contributed by atoms with Crippen molar-refractivity contribution in [3.8, 4) is 11.5 Å². The summed E-state index contributed by atoms with van der Waals surface area (Å²) in [6, 6.07) is 3.25. The average Bonchev–Trinajstić information content (AvgIpc) is 3.43. The van der Waals surface area contributed by atoms with Crippen LogP contribution in [0.4, 0.5) is 9.59 Å². The topological polar surface area (TPSA) is 170 Å². The molecule has 0 aromatic heterocycles. The standard InChI is InChI=1S/C41H60N4O10/c1-9-45(38(51)52-31-18-15-25-23-28-26-16-17-30(47)36-41(26,19-22-44(28)8)34(25)35(31)53-36)21-12-14-29(46)27(43-32(48)24-33(49)54-39(2,3)4)13-10-11-20-42-37(50)55-40(5,6)7/h15,18,26-28,36H,9-14,16-17,19-24H2,1-8H3,(H,42,50)(H,43,48)/t26?,27-,28+,36-,41-/m0/s1. The molecule has 4 aliphatic rings. The Morgan fingerprint density at radius 1 is 1.04 bits per heavy atom. The van der Waals surface area contributed by atoms with Gasteiger partial charge in [-0.25, -0.2) is 9.59 Å². The fourth-order valence-electron chi connectivity index (χ4n) is 8.79. The van der Waals surface area contributed by atoms with Crippen LogP contribution in [0.2, 0.25) is 0 Å². The van der Waals surface area contributed by atoms with E-state index in [2.05, 4.69) is 22.6 Å². The lowest BCUT2D eigenvalue weighted by atomic mass is 9.52. The molecular weight excluding hydrogens is 708 g/mol. The lowest BCUT2D eigenvalue weighted by Crippen LogP contribution is -2.65. The molecule has 1 saturated carbocycles. The molecule has 2 aliphatic heterocycles. The van der Waals surface area contributed by atoms with Crippen LogP contribution in [0, 0.1) is 5.92 Å². The number of alkyl carbamates (subject to hydrolysis) is 1. The highest BCUT2D eigenvalue weighted by Gasteiger charge is 2.65. The summed E-state index contributed by atoms with van der Waals surface area (Å²) >= 11 is 0. The molecule has 1 unspecified atom stereocenters. The number of esters is 1. The number of likely N-dealkylation sites (N-methyl/N-ethyl adjacent to an activating group) is 1. The van der Waals surface area contributed by atoms with Gasteiger partial charge in [0.15, 0.2) is 29.2 Å². The van der Waals surface area contributed by atoms with Gasteiger partial charge in [0.25, 0.3) is 0 Å². The zero-order valence-corrected chi connectivity index (χ0v) is 33.8. The van der Waals surface area contributed by atoms with Gasteiger partial charge in [-0.1, -0.05) is 6.07 Å². The number of Topliss-reactive ketones (excluding diaryl/α,β-unsaturated/α-hetero) is 2. The second-order valence-electron chi connectivity index (χ2n) is 17.4. The lowest BCUT2D eigenvalue weighted by Gasteiger charge is -2.57.